The van der Waals surface area contributed by atoms with E-state index in [-0.39, 0.29) is 0 Å². The molecule has 0 aliphatic heterocycles. The Morgan fingerprint density at radius 2 is 1.82 bits per heavy atom. The number of thiophene rings is 1. The van der Waals surface area contributed by atoms with Gasteiger partial charge in [0.2, 0.25) is 0 Å². The topological polar surface area (TPSA) is 12.9 Å². The molecule has 0 aliphatic carbocycles. The lowest BCUT2D eigenvalue weighted by atomic mass is 10.2. The second-order valence-corrected chi connectivity index (χ2v) is 5.47. The summed E-state index contributed by atoms with van der Waals surface area (Å²) in [6.07, 6.45) is 6.64. The first-order valence-electron chi connectivity index (χ1n) is 6.37. The van der Waals surface area contributed by atoms with Crippen molar-refractivity contribution in [3.05, 3.63) is 41.0 Å². The highest BCUT2D eigenvalue weighted by atomic mass is 32.1. The fraction of sp³-hybridized carbons (Fsp3) is 0.400. The molecular weight excluding hydrogens is 226 g/mol. The van der Waals surface area contributed by atoms with Crippen LogP contribution in [-0.2, 0) is 12.8 Å². The van der Waals surface area contributed by atoms with E-state index in [0.29, 0.717) is 0 Å². The van der Waals surface area contributed by atoms with Gasteiger partial charge in [0.1, 0.15) is 0 Å². The Kier molecular flexibility index (Phi) is 4.32. The first-order chi connectivity index (χ1) is 8.33. The maximum absolute atomic E-state index is 4.51. The van der Waals surface area contributed by atoms with Gasteiger partial charge in [0, 0.05) is 27.2 Å². The van der Waals surface area contributed by atoms with E-state index in [4.69, 9.17) is 0 Å². The van der Waals surface area contributed by atoms with Gasteiger partial charge in [-0.05, 0) is 31.0 Å². The zero-order chi connectivity index (χ0) is 12.1. The van der Waals surface area contributed by atoms with Gasteiger partial charge < -0.3 is 0 Å². The van der Waals surface area contributed by atoms with E-state index >= 15 is 0 Å². The molecule has 2 heteroatoms. The van der Waals surface area contributed by atoms with E-state index in [1.807, 2.05) is 17.5 Å². The first kappa shape index (κ1) is 12.3. The molecule has 0 unspecified atom stereocenters. The van der Waals surface area contributed by atoms with Crippen LogP contribution in [0.3, 0.4) is 0 Å². The molecule has 0 atom stereocenters. The Hall–Kier alpha value is -1.15. The van der Waals surface area contributed by atoms with Crippen molar-refractivity contribution in [2.45, 2.75) is 39.5 Å². The molecule has 0 fully saturated rings. The largest absolute Gasteiger partial charge is 0.261 e. The first-order valence-corrected chi connectivity index (χ1v) is 7.19. The number of rotatable bonds is 5. The summed E-state index contributed by atoms with van der Waals surface area (Å²) < 4.78 is 0. The van der Waals surface area contributed by atoms with E-state index < -0.39 is 0 Å². The minimum atomic E-state index is 1.08. The third-order valence-corrected chi connectivity index (χ3v) is 3.97. The Labute approximate surface area is 108 Å². The summed E-state index contributed by atoms with van der Waals surface area (Å²) in [7, 11) is 0. The Morgan fingerprint density at radius 1 is 1.00 bits per heavy atom. The van der Waals surface area contributed by atoms with Crippen LogP contribution in [0.4, 0.5) is 0 Å². The van der Waals surface area contributed by atoms with Crippen LogP contribution in [0, 0.1) is 0 Å². The number of hydrogen-bond donors (Lipinski definition) is 0. The fourth-order valence-electron chi connectivity index (χ4n) is 1.89. The zero-order valence-corrected chi connectivity index (χ0v) is 11.4. The Bertz CT molecular complexity index is 456. The minimum Gasteiger partial charge on any atom is -0.261 e. The smallest absolute Gasteiger partial charge is 0.0403 e. The van der Waals surface area contributed by atoms with Gasteiger partial charge >= 0.3 is 0 Å². The molecule has 2 aromatic rings. The zero-order valence-electron chi connectivity index (χ0n) is 10.6. The molecule has 1 nitrogen and oxygen atoms in total. The lowest BCUT2D eigenvalue weighted by molar-refractivity contribution is 0.883. The van der Waals surface area contributed by atoms with Crippen molar-refractivity contribution in [2.24, 2.45) is 0 Å². The number of pyridine rings is 1. The molecule has 0 radical (unpaired) electrons. The maximum Gasteiger partial charge on any atom is 0.0403 e. The van der Waals surface area contributed by atoms with Gasteiger partial charge in [-0.15, -0.1) is 11.3 Å². The molecule has 2 heterocycles. The SMILES string of the molecule is CCCc1ccc(-c2ccc(CCC)s2)cn1. The number of hydrogen-bond acceptors (Lipinski definition) is 2. The van der Waals surface area contributed by atoms with E-state index in [0.717, 1.165) is 12.8 Å². The fourth-order valence-corrected chi connectivity index (χ4v) is 2.99. The van der Waals surface area contributed by atoms with Crippen LogP contribution < -0.4 is 0 Å². The van der Waals surface area contributed by atoms with Crippen molar-refractivity contribution < 1.29 is 0 Å². The third-order valence-electron chi connectivity index (χ3n) is 2.77. The van der Waals surface area contributed by atoms with Gasteiger partial charge in [-0.2, -0.15) is 0 Å². The van der Waals surface area contributed by atoms with Crippen LogP contribution in [0.1, 0.15) is 37.3 Å². The molecule has 0 aliphatic rings. The van der Waals surface area contributed by atoms with Gasteiger partial charge in [-0.1, -0.05) is 32.8 Å². The van der Waals surface area contributed by atoms with Crippen molar-refractivity contribution in [1.82, 2.24) is 4.98 Å². The lowest BCUT2D eigenvalue weighted by Gasteiger charge is -2.00. The van der Waals surface area contributed by atoms with Crippen LogP contribution in [0.15, 0.2) is 30.5 Å². The maximum atomic E-state index is 4.51. The molecule has 17 heavy (non-hydrogen) atoms. The van der Waals surface area contributed by atoms with E-state index in [1.165, 1.54) is 33.9 Å². The van der Waals surface area contributed by atoms with Gasteiger partial charge in [0.25, 0.3) is 0 Å². The average molecular weight is 245 g/mol. The molecule has 0 saturated heterocycles. The van der Waals surface area contributed by atoms with Crippen molar-refractivity contribution in [2.75, 3.05) is 0 Å². The molecule has 0 N–H and O–H groups in total. The highest BCUT2D eigenvalue weighted by Crippen LogP contribution is 2.28. The van der Waals surface area contributed by atoms with E-state index in [2.05, 4.69) is 43.1 Å². The molecular formula is C15H19NS. The third kappa shape index (κ3) is 3.16. The lowest BCUT2D eigenvalue weighted by Crippen LogP contribution is -1.87. The van der Waals surface area contributed by atoms with Gasteiger partial charge in [-0.3, -0.25) is 4.98 Å². The molecule has 2 rings (SSSR count). The summed E-state index contributed by atoms with van der Waals surface area (Å²) in [4.78, 5) is 7.32. The summed E-state index contributed by atoms with van der Waals surface area (Å²) in [5, 5.41) is 0. The minimum absolute atomic E-state index is 1.08. The van der Waals surface area contributed by atoms with Gasteiger partial charge in [-0.25, -0.2) is 0 Å². The number of nitrogens with zero attached hydrogens (tertiary/aromatic N) is 1. The highest BCUT2D eigenvalue weighted by molar-refractivity contribution is 7.15. The summed E-state index contributed by atoms with van der Waals surface area (Å²) in [6, 6.07) is 8.80. The van der Waals surface area contributed by atoms with Crippen LogP contribution in [0.25, 0.3) is 10.4 Å². The second-order valence-electron chi connectivity index (χ2n) is 4.30. The predicted octanol–water partition coefficient (Wildman–Crippen LogP) is 4.72. The predicted molar refractivity (Wildman–Crippen MR) is 75.5 cm³/mol. The molecule has 2 aromatic heterocycles. The van der Waals surface area contributed by atoms with E-state index in [1.54, 1.807) is 0 Å². The normalized spacial score (nSPS) is 10.7. The van der Waals surface area contributed by atoms with Gasteiger partial charge in [0.05, 0.1) is 0 Å². The van der Waals surface area contributed by atoms with Crippen molar-refractivity contribution >= 4 is 11.3 Å². The molecule has 0 amide bonds. The summed E-state index contributed by atoms with van der Waals surface area (Å²) in [5.74, 6) is 0. The average Bonchev–Trinajstić information content (AvgIpc) is 2.80. The van der Waals surface area contributed by atoms with Crippen molar-refractivity contribution in [3.63, 3.8) is 0 Å². The Morgan fingerprint density at radius 3 is 2.47 bits per heavy atom. The number of aryl methyl sites for hydroxylation is 2. The standard InChI is InChI=1S/C15H19NS/c1-3-5-13-8-7-12(11-16-13)15-10-9-14(17-15)6-4-2/h7-11H,3-6H2,1-2H3. The molecule has 0 spiro atoms. The van der Waals surface area contributed by atoms with Crippen LogP contribution in [-0.4, -0.2) is 4.98 Å². The molecule has 0 aromatic carbocycles. The number of aromatic nitrogens is 1. The van der Waals surface area contributed by atoms with Crippen molar-refractivity contribution in [1.29, 1.82) is 0 Å². The van der Waals surface area contributed by atoms with Crippen LogP contribution in [0.5, 0.6) is 0 Å². The highest BCUT2D eigenvalue weighted by Gasteiger charge is 2.03. The monoisotopic (exact) mass is 245 g/mol. The van der Waals surface area contributed by atoms with Gasteiger partial charge in [0.15, 0.2) is 0 Å². The molecule has 0 saturated carbocycles. The van der Waals surface area contributed by atoms with E-state index in [9.17, 15) is 0 Å². The molecule has 90 valence electrons. The van der Waals surface area contributed by atoms with Crippen molar-refractivity contribution in [3.8, 4) is 10.4 Å². The Balaban J connectivity index is 2.15. The summed E-state index contributed by atoms with van der Waals surface area (Å²) in [5.41, 5.74) is 2.44. The quantitative estimate of drug-likeness (QED) is 0.743. The summed E-state index contributed by atoms with van der Waals surface area (Å²) in [6.45, 7) is 4.41. The van der Waals surface area contributed by atoms with Crippen LogP contribution in [0.2, 0.25) is 0 Å². The summed E-state index contributed by atoms with van der Waals surface area (Å²) >= 11 is 1.89. The van der Waals surface area contributed by atoms with Crippen LogP contribution >= 0.6 is 11.3 Å². The second kappa shape index (κ2) is 5.97. The molecule has 0 bridgehead atoms.